The maximum absolute atomic E-state index is 12.0. The van der Waals surface area contributed by atoms with Crippen molar-refractivity contribution in [3.63, 3.8) is 0 Å². The largest absolute Gasteiger partial charge is 0.343 e. The lowest BCUT2D eigenvalue weighted by Crippen LogP contribution is -2.35. The Labute approximate surface area is 144 Å². The van der Waals surface area contributed by atoms with E-state index in [0.29, 0.717) is 23.5 Å². The number of rotatable bonds is 4. The minimum Gasteiger partial charge on any atom is -0.343 e. The molecule has 0 fully saturated rings. The highest BCUT2D eigenvalue weighted by molar-refractivity contribution is 7.11. The molecule has 0 spiro atoms. The van der Waals surface area contributed by atoms with Crippen molar-refractivity contribution in [1.82, 2.24) is 5.32 Å². The van der Waals surface area contributed by atoms with Crippen molar-refractivity contribution in [1.29, 1.82) is 0 Å². The second-order valence-electron chi connectivity index (χ2n) is 5.31. The number of hydrogen-bond acceptors (Lipinski definition) is 4. The zero-order valence-corrected chi connectivity index (χ0v) is 14.5. The van der Waals surface area contributed by atoms with E-state index >= 15 is 0 Å². The highest BCUT2D eigenvalue weighted by Gasteiger charge is 2.15. The average molecular weight is 345 g/mol. The third kappa shape index (κ3) is 4.66. The summed E-state index contributed by atoms with van der Waals surface area (Å²) < 4.78 is 0. The lowest BCUT2D eigenvalue weighted by molar-refractivity contribution is -0.136. The summed E-state index contributed by atoms with van der Waals surface area (Å²) >= 11 is 1.57. The van der Waals surface area contributed by atoms with E-state index in [1.54, 1.807) is 36.5 Å². The van der Waals surface area contributed by atoms with Gasteiger partial charge in [0.2, 0.25) is 5.91 Å². The molecule has 1 aromatic carbocycles. The minimum atomic E-state index is -0.744. The molecule has 2 aromatic rings. The fourth-order valence-electron chi connectivity index (χ4n) is 2.10. The van der Waals surface area contributed by atoms with Crippen LogP contribution < -0.4 is 16.0 Å². The second-order valence-corrected chi connectivity index (χ2v) is 6.68. The first kappa shape index (κ1) is 17.7. The Morgan fingerprint density at radius 1 is 0.958 bits per heavy atom. The average Bonchev–Trinajstić information content (AvgIpc) is 2.94. The highest BCUT2D eigenvalue weighted by atomic mass is 32.1. The Balaban J connectivity index is 1.98. The number of nitrogens with one attached hydrogen (secondary N) is 3. The van der Waals surface area contributed by atoms with Crippen LogP contribution in [0.2, 0.25) is 0 Å². The summed E-state index contributed by atoms with van der Waals surface area (Å²) in [5.74, 6) is -1.65. The summed E-state index contributed by atoms with van der Waals surface area (Å²) in [5.41, 5.74) is 1.76. The van der Waals surface area contributed by atoms with Crippen molar-refractivity contribution in [2.75, 3.05) is 10.6 Å². The van der Waals surface area contributed by atoms with E-state index < -0.39 is 11.8 Å². The van der Waals surface area contributed by atoms with E-state index in [4.69, 9.17) is 0 Å². The Kier molecular flexibility index (Phi) is 5.70. The SMILES string of the molecule is CC(=O)Nc1cccc(NC(=O)C(=O)NCc2ccc(C)s2)c1C. The Morgan fingerprint density at radius 2 is 1.62 bits per heavy atom. The summed E-state index contributed by atoms with van der Waals surface area (Å²) in [6.45, 7) is 5.46. The van der Waals surface area contributed by atoms with Crippen LogP contribution >= 0.6 is 11.3 Å². The number of hydrogen-bond donors (Lipinski definition) is 3. The van der Waals surface area contributed by atoms with Crippen molar-refractivity contribution in [2.45, 2.75) is 27.3 Å². The third-order valence-electron chi connectivity index (χ3n) is 3.32. The zero-order chi connectivity index (χ0) is 17.7. The summed E-state index contributed by atoms with van der Waals surface area (Å²) in [5, 5.41) is 7.83. The molecule has 3 amide bonds. The van der Waals surface area contributed by atoms with E-state index in [2.05, 4.69) is 16.0 Å². The van der Waals surface area contributed by atoms with Crippen LogP contribution in [0.4, 0.5) is 11.4 Å². The molecular formula is C17H19N3O3S. The van der Waals surface area contributed by atoms with Gasteiger partial charge in [0.15, 0.2) is 0 Å². The minimum absolute atomic E-state index is 0.203. The number of carbonyl (C=O) groups is 3. The first-order valence-corrected chi connectivity index (χ1v) is 8.20. The van der Waals surface area contributed by atoms with Crippen LogP contribution in [0.15, 0.2) is 30.3 Å². The Morgan fingerprint density at radius 3 is 2.21 bits per heavy atom. The lowest BCUT2D eigenvalue weighted by Gasteiger charge is -2.12. The predicted octanol–water partition coefficient (Wildman–Crippen LogP) is 2.58. The van der Waals surface area contributed by atoms with Crippen LogP contribution in [0.5, 0.6) is 0 Å². The quantitative estimate of drug-likeness (QED) is 0.744. The van der Waals surface area contributed by atoms with E-state index in [-0.39, 0.29) is 5.91 Å². The fraction of sp³-hybridized carbons (Fsp3) is 0.235. The van der Waals surface area contributed by atoms with Gasteiger partial charge < -0.3 is 16.0 Å². The molecule has 0 unspecified atom stereocenters. The Bertz CT molecular complexity index is 783. The van der Waals surface area contributed by atoms with Crippen molar-refractivity contribution in [3.8, 4) is 0 Å². The van der Waals surface area contributed by atoms with Crippen LogP contribution in [0.25, 0.3) is 0 Å². The lowest BCUT2D eigenvalue weighted by atomic mass is 10.1. The Hall–Kier alpha value is -2.67. The first-order valence-electron chi connectivity index (χ1n) is 7.38. The topological polar surface area (TPSA) is 87.3 Å². The molecule has 0 aliphatic heterocycles. The third-order valence-corrected chi connectivity index (χ3v) is 4.32. The number of carbonyl (C=O) groups excluding carboxylic acids is 3. The predicted molar refractivity (Wildman–Crippen MR) is 95.0 cm³/mol. The van der Waals surface area contributed by atoms with Crippen LogP contribution in [-0.4, -0.2) is 17.7 Å². The summed E-state index contributed by atoms with van der Waals surface area (Å²) in [7, 11) is 0. The van der Waals surface area contributed by atoms with E-state index in [0.717, 1.165) is 9.75 Å². The number of aryl methyl sites for hydroxylation is 1. The number of thiophene rings is 1. The normalized spacial score (nSPS) is 10.1. The number of benzene rings is 1. The van der Waals surface area contributed by atoms with Gasteiger partial charge in [0, 0.05) is 28.1 Å². The molecule has 0 saturated carbocycles. The molecule has 0 atom stereocenters. The van der Waals surface area contributed by atoms with Gasteiger partial charge in [-0.05, 0) is 43.7 Å². The number of amides is 3. The van der Waals surface area contributed by atoms with Crippen molar-refractivity contribution < 1.29 is 14.4 Å². The van der Waals surface area contributed by atoms with Gasteiger partial charge in [-0.25, -0.2) is 0 Å². The highest BCUT2D eigenvalue weighted by Crippen LogP contribution is 2.23. The maximum Gasteiger partial charge on any atom is 0.313 e. The molecule has 2 rings (SSSR count). The zero-order valence-electron chi connectivity index (χ0n) is 13.7. The van der Waals surface area contributed by atoms with Crippen molar-refractivity contribution in [2.24, 2.45) is 0 Å². The number of anilines is 2. The monoisotopic (exact) mass is 345 g/mol. The molecule has 0 bridgehead atoms. The van der Waals surface area contributed by atoms with Crippen molar-refractivity contribution >= 4 is 40.4 Å². The smallest absolute Gasteiger partial charge is 0.313 e. The van der Waals surface area contributed by atoms with Gasteiger partial charge in [-0.15, -0.1) is 11.3 Å². The molecule has 0 saturated heterocycles. The van der Waals surface area contributed by atoms with Crippen LogP contribution in [0.3, 0.4) is 0 Å². The van der Waals surface area contributed by atoms with Gasteiger partial charge in [0.1, 0.15) is 0 Å². The maximum atomic E-state index is 12.0. The molecule has 24 heavy (non-hydrogen) atoms. The van der Waals surface area contributed by atoms with Crippen LogP contribution in [0, 0.1) is 13.8 Å². The molecule has 3 N–H and O–H groups in total. The molecule has 0 radical (unpaired) electrons. The van der Waals surface area contributed by atoms with Crippen LogP contribution in [-0.2, 0) is 20.9 Å². The summed E-state index contributed by atoms with van der Waals surface area (Å²) in [6, 6.07) is 8.97. The second kappa shape index (κ2) is 7.74. The first-order chi connectivity index (χ1) is 11.4. The molecule has 1 heterocycles. The standard InChI is InChI=1S/C17H19N3O3S/c1-10-7-8-13(24-10)9-18-16(22)17(23)20-15-6-4-5-14(11(15)2)19-12(3)21/h4-8H,9H2,1-3H3,(H,18,22)(H,19,21)(H,20,23). The van der Waals surface area contributed by atoms with Crippen LogP contribution in [0.1, 0.15) is 22.2 Å². The van der Waals surface area contributed by atoms with Gasteiger partial charge in [0.05, 0.1) is 6.54 Å². The van der Waals surface area contributed by atoms with Gasteiger partial charge in [-0.1, -0.05) is 6.07 Å². The molecule has 0 aliphatic carbocycles. The van der Waals surface area contributed by atoms with Gasteiger partial charge >= 0.3 is 11.8 Å². The van der Waals surface area contributed by atoms with Gasteiger partial charge in [-0.3, -0.25) is 14.4 Å². The molecule has 0 aliphatic rings. The molecule has 7 heteroatoms. The van der Waals surface area contributed by atoms with E-state index in [1.807, 2.05) is 19.1 Å². The van der Waals surface area contributed by atoms with E-state index in [1.165, 1.54) is 6.92 Å². The molecule has 126 valence electrons. The molecule has 1 aromatic heterocycles. The summed E-state index contributed by atoms with van der Waals surface area (Å²) in [4.78, 5) is 37.2. The van der Waals surface area contributed by atoms with Crippen molar-refractivity contribution in [3.05, 3.63) is 45.6 Å². The fourth-order valence-corrected chi connectivity index (χ4v) is 2.93. The molecule has 6 nitrogen and oxygen atoms in total. The van der Waals surface area contributed by atoms with E-state index in [9.17, 15) is 14.4 Å². The summed E-state index contributed by atoms with van der Waals surface area (Å²) in [6.07, 6.45) is 0. The van der Waals surface area contributed by atoms with Gasteiger partial charge in [0.25, 0.3) is 0 Å². The molecular weight excluding hydrogens is 326 g/mol. The van der Waals surface area contributed by atoms with Gasteiger partial charge in [-0.2, -0.15) is 0 Å².